The molecule has 7 N–H and O–H groups in total. The average molecular weight is 464 g/mol. The maximum Gasteiger partial charge on any atom is 0.326 e. The van der Waals surface area contributed by atoms with Crippen LogP contribution in [-0.4, -0.2) is 76.2 Å². The van der Waals surface area contributed by atoms with Crippen LogP contribution in [0.15, 0.2) is 24.3 Å². The predicted octanol–water partition coefficient (Wildman–Crippen LogP) is -1.28. The molecule has 180 valence electrons. The number of phenols is 1. The number of carboxylic acids is 2. The van der Waals surface area contributed by atoms with E-state index in [2.05, 4.69) is 21.3 Å². The lowest BCUT2D eigenvalue weighted by atomic mass is 10.0. The van der Waals surface area contributed by atoms with Crippen LogP contribution < -0.4 is 21.3 Å². The lowest BCUT2D eigenvalue weighted by Gasteiger charge is -2.21. The molecule has 2 rings (SSSR count). The molecule has 1 fully saturated rings. The summed E-state index contributed by atoms with van der Waals surface area (Å²) in [5.41, 5.74) is 0.664. The van der Waals surface area contributed by atoms with Gasteiger partial charge >= 0.3 is 11.9 Å². The first-order valence-electron chi connectivity index (χ1n) is 10.5. The molecule has 12 nitrogen and oxygen atoms in total. The van der Waals surface area contributed by atoms with E-state index in [1.165, 1.54) is 12.1 Å². The Balaban J connectivity index is 1.98. The van der Waals surface area contributed by atoms with Gasteiger partial charge in [0.2, 0.25) is 17.7 Å². The third kappa shape index (κ3) is 8.77. The van der Waals surface area contributed by atoms with E-state index < -0.39 is 54.8 Å². The van der Waals surface area contributed by atoms with Crippen molar-refractivity contribution in [3.63, 3.8) is 0 Å². The molecule has 3 amide bonds. The van der Waals surface area contributed by atoms with E-state index in [1.54, 1.807) is 12.1 Å². The fourth-order valence-corrected chi connectivity index (χ4v) is 3.32. The Kier molecular flexibility index (Phi) is 9.61. The van der Waals surface area contributed by atoms with Crippen molar-refractivity contribution in [1.29, 1.82) is 0 Å². The molecule has 1 saturated heterocycles. The van der Waals surface area contributed by atoms with Gasteiger partial charge in [0.15, 0.2) is 0 Å². The van der Waals surface area contributed by atoms with Crippen LogP contribution in [-0.2, 0) is 30.4 Å². The van der Waals surface area contributed by atoms with Gasteiger partial charge in [-0.2, -0.15) is 0 Å². The Hall–Kier alpha value is -3.67. The molecule has 1 aliphatic rings. The molecule has 1 aliphatic heterocycles. The second-order valence-corrected chi connectivity index (χ2v) is 7.69. The molecular weight excluding hydrogens is 436 g/mol. The van der Waals surface area contributed by atoms with Gasteiger partial charge in [0, 0.05) is 12.8 Å². The molecular formula is C21H28N4O8. The molecule has 3 atom stereocenters. The molecule has 0 saturated carbocycles. The number of phenolic OH excluding ortho intramolecular Hbond substituents is 1. The summed E-state index contributed by atoms with van der Waals surface area (Å²) in [6.45, 7) is 0.138. The highest BCUT2D eigenvalue weighted by molar-refractivity contribution is 5.93. The highest BCUT2D eigenvalue weighted by Crippen LogP contribution is 2.12. The van der Waals surface area contributed by atoms with Crippen LogP contribution in [0.4, 0.5) is 0 Å². The maximum atomic E-state index is 12.7. The molecule has 0 spiro atoms. The Bertz CT molecular complexity index is 868. The largest absolute Gasteiger partial charge is 0.508 e. The number of benzene rings is 1. The lowest BCUT2D eigenvalue weighted by molar-refractivity contribution is -0.143. The average Bonchev–Trinajstić information content (AvgIpc) is 3.30. The molecule has 0 aromatic heterocycles. The molecule has 0 aliphatic carbocycles. The Morgan fingerprint density at radius 2 is 1.73 bits per heavy atom. The molecule has 12 heteroatoms. The second kappa shape index (κ2) is 12.4. The van der Waals surface area contributed by atoms with Gasteiger partial charge in [0.1, 0.15) is 17.8 Å². The molecule has 1 heterocycles. The summed E-state index contributed by atoms with van der Waals surface area (Å²) in [5.74, 6) is -4.36. The molecule has 3 unspecified atom stereocenters. The Labute approximate surface area is 189 Å². The van der Waals surface area contributed by atoms with Crippen LogP contribution >= 0.6 is 0 Å². The van der Waals surface area contributed by atoms with Crippen molar-refractivity contribution in [2.75, 3.05) is 13.1 Å². The number of carbonyl (C=O) groups is 5. The van der Waals surface area contributed by atoms with E-state index in [4.69, 9.17) is 10.2 Å². The number of hydrogen-bond donors (Lipinski definition) is 7. The number of carboxylic acid groups (broad SMARTS) is 2. The van der Waals surface area contributed by atoms with E-state index in [9.17, 15) is 29.1 Å². The molecule has 33 heavy (non-hydrogen) atoms. The second-order valence-electron chi connectivity index (χ2n) is 7.69. The monoisotopic (exact) mass is 464 g/mol. The van der Waals surface area contributed by atoms with Crippen molar-refractivity contribution in [1.82, 2.24) is 21.3 Å². The molecule has 0 radical (unpaired) electrons. The first-order chi connectivity index (χ1) is 15.7. The smallest absolute Gasteiger partial charge is 0.326 e. The zero-order chi connectivity index (χ0) is 24.4. The van der Waals surface area contributed by atoms with Gasteiger partial charge in [0.05, 0.1) is 12.6 Å². The summed E-state index contributed by atoms with van der Waals surface area (Å²) >= 11 is 0. The minimum absolute atomic E-state index is 0.0477. The Morgan fingerprint density at radius 1 is 1.03 bits per heavy atom. The van der Waals surface area contributed by atoms with Gasteiger partial charge in [0.25, 0.3) is 0 Å². The van der Waals surface area contributed by atoms with Crippen LogP contribution in [0.1, 0.15) is 31.2 Å². The first-order valence-corrected chi connectivity index (χ1v) is 10.5. The molecule has 0 bridgehead atoms. The lowest BCUT2D eigenvalue weighted by Crippen LogP contribution is -2.54. The summed E-state index contributed by atoms with van der Waals surface area (Å²) in [6, 6.07) is 3.24. The van der Waals surface area contributed by atoms with Gasteiger partial charge in [-0.15, -0.1) is 0 Å². The van der Waals surface area contributed by atoms with Crippen LogP contribution in [0.5, 0.6) is 5.75 Å². The summed E-state index contributed by atoms with van der Waals surface area (Å²) in [7, 11) is 0. The zero-order valence-electron chi connectivity index (χ0n) is 17.9. The van der Waals surface area contributed by atoms with Gasteiger partial charge in [-0.3, -0.25) is 19.2 Å². The zero-order valence-corrected chi connectivity index (χ0v) is 17.9. The van der Waals surface area contributed by atoms with Crippen LogP contribution in [0.3, 0.4) is 0 Å². The number of hydrogen-bond acceptors (Lipinski definition) is 7. The third-order valence-corrected chi connectivity index (χ3v) is 5.09. The number of aromatic hydroxyl groups is 1. The van der Waals surface area contributed by atoms with Crippen molar-refractivity contribution < 1.29 is 39.3 Å². The van der Waals surface area contributed by atoms with E-state index >= 15 is 0 Å². The minimum atomic E-state index is -1.41. The van der Waals surface area contributed by atoms with Crippen molar-refractivity contribution >= 4 is 29.7 Å². The molecule has 1 aromatic carbocycles. The van der Waals surface area contributed by atoms with Crippen LogP contribution in [0, 0.1) is 0 Å². The van der Waals surface area contributed by atoms with E-state index in [0.717, 1.165) is 6.42 Å². The topological polar surface area (TPSA) is 194 Å². The normalized spacial score (nSPS) is 16.9. The highest BCUT2D eigenvalue weighted by Gasteiger charge is 2.28. The van der Waals surface area contributed by atoms with Crippen LogP contribution in [0.25, 0.3) is 0 Å². The van der Waals surface area contributed by atoms with Gasteiger partial charge in [-0.1, -0.05) is 12.1 Å². The SMILES string of the molecule is O=C(O)CCC(NC(=O)CNC(=O)C(Cc1ccc(O)cc1)NC(=O)C1CCCN1)C(=O)O. The van der Waals surface area contributed by atoms with Crippen molar-refractivity contribution in [3.05, 3.63) is 29.8 Å². The summed E-state index contributed by atoms with van der Waals surface area (Å²) in [6.07, 6.45) is 0.814. The summed E-state index contributed by atoms with van der Waals surface area (Å²) < 4.78 is 0. The fraction of sp³-hybridized carbons (Fsp3) is 0.476. The van der Waals surface area contributed by atoms with E-state index in [1.807, 2.05) is 0 Å². The quantitative estimate of drug-likeness (QED) is 0.197. The number of nitrogens with one attached hydrogen (secondary N) is 4. The highest BCUT2D eigenvalue weighted by atomic mass is 16.4. The summed E-state index contributed by atoms with van der Waals surface area (Å²) in [4.78, 5) is 59.2. The van der Waals surface area contributed by atoms with Gasteiger partial charge < -0.3 is 36.6 Å². The minimum Gasteiger partial charge on any atom is -0.508 e. The number of aliphatic carboxylic acids is 2. The van der Waals surface area contributed by atoms with Crippen molar-refractivity contribution in [2.24, 2.45) is 0 Å². The first kappa shape index (κ1) is 25.6. The van der Waals surface area contributed by atoms with Crippen molar-refractivity contribution in [2.45, 2.75) is 50.2 Å². The molecule has 1 aromatic rings. The van der Waals surface area contributed by atoms with Crippen LogP contribution in [0.2, 0.25) is 0 Å². The van der Waals surface area contributed by atoms with E-state index in [0.29, 0.717) is 18.5 Å². The number of amides is 3. The number of rotatable bonds is 12. The third-order valence-electron chi connectivity index (χ3n) is 5.09. The van der Waals surface area contributed by atoms with Crippen molar-refractivity contribution in [3.8, 4) is 5.75 Å². The Morgan fingerprint density at radius 3 is 2.30 bits per heavy atom. The maximum absolute atomic E-state index is 12.7. The van der Waals surface area contributed by atoms with E-state index in [-0.39, 0.29) is 24.5 Å². The fourth-order valence-electron chi connectivity index (χ4n) is 3.32. The standard InChI is InChI=1S/C21H28N4O8/c26-13-5-3-12(4-6-13)10-16(25-20(31)14-2-1-9-22-14)19(30)23-11-17(27)24-15(21(32)33)7-8-18(28)29/h3-6,14-16,22,26H,1-2,7-11H2,(H,23,30)(H,24,27)(H,25,31)(H,28,29)(H,32,33). The number of carbonyl (C=O) groups excluding carboxylic acids is 3. The predicted molar refractivity (Wildman–Crippen MR) is 114 cm³/mol. The van der Waals surface area contributed by atoms with Gasteiger partial charge in [-0.05, 0) is 43.5 Å². The van der Waals surface area contributed by atoms with Gasteiger partial charge in [-0.25, -0.2) is 4.79 Å². The summed E-state index contributed by atoms with van der Waals surface area (Å²) in [5, 5.41) is 37.5.